The van der Waals surface area contributed by atoms with E-state index < -0.39 is 0 Å². The predicted octanol–water partition coefficient (Wildman–Crippen LogP) is 4.53. The number of nitrogens with zero attached hydrogens (tertiary/aromatic N) is 4. The Morgan fingerprint density at radius 3 is 2.70 bits per heavy atom. The van der Waals surface area contributed by atoms with Crippen molar-refractivity contribution in [3.05, 3.63) is 58.7 Å². The molecule has 8 heteroatoms. The maximum atomic E-state index is 13.0. The first kappa shape index (κ1) is 21.5. The molecule has 1 aliphatic heterocycles. The van der Waals surface area contributed by atoms with Crippen molar-refractivity contribution in [2.24, 2.45) is 0 Å². The summed E-state index contributed by atoms with van der Waals surface area (Å²) in [7, 11) is 0. The van der Waals surface area contributed by atoms with Crippen LogP contribution in [0.4, 0.5) is 5.69 Å². The minimum atomic E-state index is -0.105. The molecular formula is C25H24N4O3S. The summed E-state index contributed by atoms with van der Waals surface area (Å²) in [6.45, 7) is 8.71. The Bertz CT molecular complexity index is 1440. The summed E-state index contributed by atoms with van der Waals surface area (Å²) < 4.78 is 7.55. The quantitative estimate of drug-likeness (QED) is 0.322. The lowest BCUT2D eigenvalue weighted by Crippen LogP contribution is -2.38. The fraction of sp³-hybridized carbons (Fsp3) is 0.280. The first-order chi connectivity index (χ1) is 15.9. The van der Waals surface area contributed by atoms with E-state index in [2.05, 4.69) is 43.1 Å². The van der Waals surface area contributed by atoms with Gasteiger partial charge in [0.1, 0.15) is 5.75 Å². The van der Waals surface area contributed by atoms with Crippen molar-refractivity contribution in [3.63, 3.8) is 0 Å². The molecule has 7 nitrogen and oxygen atoms in total. The molecule has 0 spiro atoms. The number of thioether (sulfide) groups is 1. The molecule has 0 atom stereocenters. The van der Waals surface area contributed by atoms with Crippen molar-refractivity contribution in [2.45, 2.75) is 32.9 Å². The number of Topliss-reactive ketones (excluding diaryl/α,β-unsaturated/α-hetero) is 1. The number of ether oxygens (including phenoxy) is 1. The third-order valence-corrected chi connectivity index (χ3v) is 6.90. The lowest BCUT2D eigenvalue weighted by atomic mass is 10.0. The molecule has 2 aromatic heterocycles. The fourth-order valence-electron chi connectivity index (χ4n) is 4.44. The number of hydrogen-bond acceptors (Lipinski definition) is 6. The largest absolute Gasteiger partial charge is 0.482 e. The summed E-state index contributed by atoms with van der Waals surface area (Å²) in [5, 5.41) is 10.6. The van der Waals surface area contributed by atoms with Crippen molar-refractivity contribution < 1.29 is 14.3 Å². The van der Waals surface area contributed by atoms with Crippen LogP contribution in [0.15, 0.2) is 41.6 Å². The highest BCUT2D eigenvalue weighted by Gasteiger charge is 2.25. The smallest absolute Gasteiger partial charge is 0.265 e. The van der Waals surface area contributed by atoms with Crippen LogP contribution < -0.4 is 9.64 Å². The van der Waals surface area contributed by atoms with Crippen molar-refractivity contribution in [3.8, 4) is 5.75 Å². The highest BCUT2D eigenvalue weighted by molar-refractivity contribution is 7.99. The number of pyridine rings is 1. The summed E-state index contributed by atoms with van der Waals surface area (Å²) >= 11 is 1.37. The van der Waals surface area contributed by atoms with Crippen LogP contribution in [-0.4, -0.2) is 45.2 Å². The van der Waals surface area contributed by atoms with Gasteiger partial charge in [-0.25, -0.2) is 0 Å². The second kappa shape index (κ2) is 8.19. The topological polar surface area (TPSA) is 76.8 Å². The summed E-state index contributed by atoms with van der Waals surface area (Å²) in [5.41, 5.74) is 6.52. The van der Waals surface area contributed by atoms with Crippen LogP contribution in [0.2, 0.25) is 0 Å². The molecule has 4 aromatic rings. The maximum Gasteiger partial charge on any atom is 0.265 e. The minimum Gasteiger partial charge on any atom is -0.482 e. The molecule has 2 aromatic carbocycles. The third kappa shape index (κ3) is 3.64. The molecule has 3 heterocycles. The third-order valence-electron chi connectivity index (χ3n) is 5.97. The fourth-order valence-corrected chi connectivity index (χ4v) is 5.28. The van der Waals surface area contributed by atoms with Gasteiger partial charge < -0.3 is 9.64 Å². The van der Waals surface area contributed by atoms with E-state index in [1.54, 1.807) is 23.1 Å². The second-order valence-corrected chi connectivity index (χ2v) is 9.25. The normalized spacial score (nSPS) is 13.5. The Kier molecular flexibility index (Phi) is 5.32. The SMILES string of the molecule is CCN1C(=O)COc2ccc(C(=O)CSc3nnc4cc(C)c5cc(C)cc(C)c5n34)cc21. The molecular weight excluding hydrogens is 436 g/mol. The first-order valence-corrected chi connectivity index (χ1v) is 11.8. The zero-order valence-electron chi connectivity index (χ0n) is 19.0. The number of likely N-dealkylation sites (N-methyl/N-ethyl adjacent to an activating group) is 1. The molecule has 1 aliphatic rings. The summed E-state index contributed by atoms with van der Waals surface area (Å²) in [4.78, 5) is 26.8. The second-order valence-electron chi connectivity index (χ2n) is 8.30. The van der Waals surface area contributed by atoms with Gasteiger partial charge in [0, 0.05) is 17.5 Å². The van der Waals surface area contributed by atoms with Gasteiger partial charge in [-0.2, -0.15) is 0 Å². The molecule has 168 valence electrons. The Morgan fingerprint density at radius 1 is 1.09 bits per heavy atom. The van der Waals surface area contributed by atoms with Crippen LogP contribution in [0.5, 0.6) is 5.75 Å². The van der Waals surface area contributed by atoms with Gasteiger partial charge in [0.05, 0.1) is 17.0 Å². The van der Waals surface area contributed by atoms with E-state index in [1.165, 1.54) is 17.3 Å². The number of benzene rings is 2. The number of amides is 1. The van der Waals surface area contributed by atoms with Gasteiger partial charge in [0.15, 0.2) is 23.2 Å². The van der Waals surface area contributed by atoms with Gasteiger partial charge in [-0.3, -0.25) is 14.0 Å². The maximum absolute atomic E-state index is 13.0. The number of fused-ring (bicyclic) bond motifs is 4. The molecule has 0 bridgehead atoms. The molecule has 0 fully saturated rings. The van der Waals surface area contributed by atoms with Crippen LogP contribution in [0.1, 0.15) is 34.0 Å². The molecule has 33 heavy (non-hydrogen) atoms. The van der Waals surface area contributed by atoms with E-state index >= 15 is 0 Å². The first-order valence-electron chi connectivity index (χ1n) is 10.9. The minimum absolute atomic E-state index is 0.0241. The van der Waals surface area contributed by atoms with Crippen molar-refractivity contribution in [2.75, 3.05) is 23.8 Å². The zero-order valence-corrected chi connectivity index (χ0v) is 19.8. The average Bonchev–Trinajstić information content (AvgIpc) is 3.19. The van der Waals surface area contributed by atoms with Crippen LogP contribution in [0.3, 0.4) is 0 Å². The van der Waals surface area contributed by atoms with Gasteiger partial charge in [-0.1, -0.05) is 23.4 Å². The lowest BCUT2D eigenvalue weighted by molar-refractivity contribution is -0.121. The van der Waals surface area contributed by atoms with E-state index in [4.69, 9.17) is 4.74 Å². The molecule has 5 rings (SSSR count). The summed E-state index contributed by atoms with van der Waals surface area (Å²) in [5.74, 6) is 0.682. The Labute approximate surface area is 195 Å². The number of carbonyl (C=O) groups excluding carboxylic acids is 2. The van der Waals surface area contributed by atoms with Crippen LogP contribution >= 0.6 is 11.8 Å². The van der Waals surface area contributed by atoms with Gasteiger partial charge in [0.2, 0.25) is 0 Å². The number of hydrogen-bond donors (Lipinski definition) is 0. The number of ketones is 1. The molecule has 0 saturated carbocycles. The number of rotatable bonds is 5. The Balaban J connectivity index is 1.46. The number of aryl methyl sites for hydroxylation is 3. The van der Waals surface area contributed by atoms with E-state index in [1.807, 2.05) is 17.4 Å². The Morgan fingerprint density at radius 2 is 1.91 bits per heavy atom. The zero-order chi connectivity index (χ0) is 23.3. The van der Waals surface area contributed by atoms with E-state index in [0.29, 0.717) is 28.7 Å². The Hall–Kier alpha value is -3.39. The van der Waals surface area contributed by atoms with Gasteiger partial charge in [-0.05, 0) is 69.2 Å². The van der Waals surface area contributed by atoms with Crippen molar-refractivity contribution >= 4 is 45.7 Å². The molecule has 0 aliphatic carbocycles. The molecule has 0 N–H and O–H groups in total. The molecule has 0 saturated heterocycles. The predicted molar refractivity (Wildman–Crippen MR) is 130 cm³/mol. The monoisotopic (exact) mass is 460 g/mol. The number of carbonyl (C=O) groups is 2. The molecule has 0 radical (unpaired) electrons. The van der Waals surface area contributed by atoms with Crippen LogP contribution in [-0.2, 0) is 4.79 Å². The molecule has 0 unspecified atom stereocenters. The molecule has 1 amide bonds. The van der Waals surface area contributed by atoms with E-state index in [0.717, 1.165) is 27.7 Å². The van der Waals surface area contributed by atoms with Crippen LogP contribution in [0, 0.1) is 20.8 Å². The summed E-state index contributed by atoms with van der Waals surface area (Å²) in [6, 6.07) is 11.6. The number of aromatic nitrogens is 3. The number of anilines is 1. The van der Waals surface area contributed by atoms with E-state index in [-0.39, 0.29) is 24.1 Å². The average molecular weight is 461 g/mol. The highest BCUT2D eigenvalue weighted by atomic mass is 32.2. The highest BCUT2D eigenvalue weighted by Crippen LogP contribution is 2.34. The van der Waals surface area contributed by atoms with Gasteiger partial charge in [0.25, 0.3) is 5.91 Å². The van der Waals surface area contributed by atoms with Crippen molar-refractivity contribution in [1.29, 1.82) is 0 Å². The summed E-state index contributed by atoms with van der Waals surface area (Å²) in [6.07, 6.45) is 0. The standard InChI is InChI=1S/C25H24N4O3S/c1-5-28-19-11-17(6-7-21(19)32-12-23(28)31)20(30)13-33-25-27-26-22-10-15(3)18-9-14(2)8-16(4)24(18)29(22)25/h6-11H,5,12-13H2,1-4H3. The van der Waals surface area contributed by atoms with Crippen LogP contribution in [0.25, 0.3) is 16.6 Å². The van der Waals surface area contributed by atoms with E-state index in [9.17, 15) is 9.59 Å². The van der Waals surface area contributed by atoms with Gasteiger partial charge in [-0.15, -0.1) is 10.2 Å². The van der Waals surface area contributed by atoms with Crippen molar-refractivity contribution in [1.82, 2.24) is 14.6 Å². The lowest BCUT2D eigenvalue weighted by Gasteiger charge is -2.28. The van der Waals surface area contributed by atoms with Gasteiger partial charge >= 0.3 is 0 Å².